The first-order valence-electron chi connectivity index (χ1n) is 1.37. The lowest BCUT2D eigenvalue weighted by molar-refractivity contribution is 0.538. The zero-order valence-corrected chi connectivity index (χ0v) is 5.81. The van der Waals surface area contributed by atoms with Gasteiger partial charge in [0.1, 0.15) is 0 Å². The average molecular weight is 176 g/mol. The van der Waals surface area contributed by atoms with E-state index >= 15 is 0 Å². The Morgan fingerprint density at radius 2 is 1.33 bits per heavy atom. The van der Waals surface area contributed by atoms with E-state index in [4.69, 9.17) is 8.76 Å². The summed E-state index contributed by atoms with van der Waals surface area (Å²) in [6, 6.07) is 0. The quantitative estimate of drug-likeness (QED) is 0.334. The third kappa shape index (κ3) is 77800. The topological polar surface area (TPSA) is 152 Å². The van der Waals surface area contributed by atoms with Crippen LogP contribution in [0.1, 0.15) is 0 Å². The largest absolute Gasteiger partial charge is 0.760 e. The van der Waals surface area contributed by atoms with Gasteiger partial charge in [-0.3, -0.25) is 9.35 Å². The van der Waals surface area contributed by atoms with Gasteiger partial charge < -0.3 is 4.55 Å². The van der Waals surface area contributed by atoms with Crippen molar-refractivity contribution in [2.24, 2.45) is 15.4 Å². The molecule has 1 unspecified atom stereocenters. The maximum Gasteiger partial charge on any atom is 0.271 e. The molecule has 0 saturated carbocycles. The fourth-order valence-electron chi connectivity index (χ4n) is 0. The molecule has 9 heteroatoms. The van der Waals surface area contributed by atoms with Crippen LogP contribution < -0.4 is 15.4 Å². The van der Waals surface area contributed by atoms with Gasteiger partial charge >= 0.3 is 0 Å². The molecule has 6 N–H and O–H groups in total. The molecule has 0 aliphatic carbocycles. The highest BCUT2D eigenvalue weighted by molar-refractivity contribution is 7.86. The lowest BCUT2D eigenvalue weighted by Gasteiger charge is -1.85. The van der Waals surface area contributed by atoms with Gasteiger partial charge in [-0.15, -0.1) is 0 Å². The molecule has 0 amide bonds. The molecule has 0 rings (SSSR count). The van der Waals surface area contributed by atoms with E-state index in [1.54, 1.807) is 0 Å². The number of nitrogens with two attached hydrogens (primary N) is 3. The molecule has 0 aliphatic rings. The molecule has 0 saturated heterocycles. The van der Waals surface area contributed by atoms with E-state index < -0.39 is 21.5 Å². The van der Waals surface area contributed by atoms with E-state index in [2.05, 4.69) is 15.4 Å². The Balaban J connectivity index is 0. The SMILES string of the molecule is NS(=O)[O-].NS(N)(=O)=O. The summed E-state index contributed by atoms with van der Waals surface area (Å²) < 4.78 is 35.9. The van der Waals surface area contributed by atoms with Gasteiger partial charge in [0.15, 0.2) is 0 Å². The first-order chi connectivity index (χ1) is 3.73. The van der Waals surface area contributed by atoms with Crippen molar-refractivity contribution in [1.29, 1.82) is 0 Å². The van der Waals surface area contributed by atoms with Crippen LogP contribution in [0.25, 0.3) is 0 Å². The van der Waals surface area contributed by atoms with Gasteiger partial charge in [-0.05, 0) is 0 Å². The summed E-state index contributed by atoms with van der Waals surface area (Å²) in [5, 5.41) is 12.2. The normalized spacial score (nSPS) is 13.3. The first-order valence-corrected chi connectivity index (χ1v) is 4.12. The van der Waals surface area contributed by atoms with E-state index in [1.165, 1.54) is 0 Å². The molecule has 0 fully saturated rings. The predicted octanol–water partition coefficient (Wildman–Crippen LogP) is -3.11. The molecule has 7 nitrogen and oxygen atoms in total. The van der Waals surface area contributed by atoms with Crippen molar-refractivity contribution in [2.75, 3.05) is 0 Å². The second-order valence-electron chi connectivity index (χ2n) is 0.850. The van der Waals surface area contributed by atoms with E-state index in [9.17, 15) is 8.42 Å². The highest BCUT2D eigenvalue weighted by atomic mass is 32.2. The lowest BCUT2D eigenvalue weighted by atomic mass is 13.9. The summed E-state index contributed by atoms with van der Waals surface area (Å²) in [6.45, 7) is 0. The van der Waals surface area contributed by atoms with Gasteiger partial charge in [0.25, 0.3) is 10.2 Å². The van der Waals surface area contributed by atoms with Crippen LogP contribution in [0.2, 0.25) is 0 Å². The molecule has 58 valence electrons. The fraction of sp³-hybridized carbons (Fsp3) is 0. The van der Waals surface area contributed by atoms with Crippen molar-refractivity contribution < 1.29 is 17.2 Å². The summed E-state index contributed by atoms with van der Waals surface area (Å²) in [6.07, 6.45) is 0. The Labute approximate surface area is 54.8 Å². The smallest absolute Gasteiger partial charge is 0.271 e. The van der Waals surface area contributed by atoms with Crippen molar-refractivity contribution in [3.63, 3.8) is 0 Å². The Morgan fingerprint density at radius 3 is 1.33 bits per heavy atom. The minimum absolute atomic E-state index is 2.36. The molecule has 0 aromatic carbocycles. The van der Waals surface area contributed by atoms with Crippen LogP contribution in [0.15, 0.2) is 0 Å². The van der Waals surface area contributed by atoms with Crippen LogP contribution in [0.3, 0.4) is 0 Å². The van der Waals surface area contributed by atoms with Gasteiger partial charge in [-0.25, -0.2) is 10.3 Å². The summed E-state index contributed by atoms with van der Waals surface area (Å²) in [5.74, 6) is 0. The molecular weight excluding hydrogens is 170 g/mol. The number of hydrogen-bond acceptors (Lipinski definition) is 4. The van der Waals surface area contributed by atoms with Crippen LogP contribution in [0.4, 0.5) is 0 Å². The van der Waals surface area contributed by atoms with E-state index in [0.29, 0.717) is 0 Å². The average Bonchev–Trinajstić information content (AvgIpc) is 1.19. The molecule has 0 aromatic heterocycles. The van der Waals surface area contributed by atoms with Crippen molar-refractivity contribution in [1.82, 2.24) is 0 Å². The minimum Gasteiger partial charge on any atom is -0.760 e. The third-order valence-electron chi connectivity index (χ3n) is 0. The predicted molar refractivity (Wildman–Crippen MR) is 30.4 cm³/mol. The Kier molecular flexibility index (Phi) is 6.22. The van der Waals surface area contributed by atoms with Crippen LogP contribution >= 0.6 is 0 Å². The lowest BCUT2D eigenvalue weighted by Crippen LogP contribution is -2.21. The van der Waals surface area contributed by atoms with E-state index in [1.807, 2.05) is 0 Å². The number of hydrogen-bond donors (Lipinski definition) is 3. The van der Waals surface area contributed by atoms with Crippen molar-refractivity contribution in [3.05, 3.63) is 0 Å². The summed E-state index contributed by atoms with van der Waals surface area (Å²) in [5.41, 5.74) is 0. The van der Waals surface area contributed by atoms with Gasteiger partial charge in [-0.2, -0.15) is 8.42 Å². The third-order valence-corrected chi connectivity index (χ3v) is 0. The number of rotatable bonds is 0. The molecule has 0 aromatic rings. The van der Waals surface area contributed by atoms with Crippen molar-refractivity contribution in [3.8, 4) is 0 Å². The van der Waals surface area contributed by atoms with Crippen LogP contribution in [0.5, 0.6) is 0 Å². The molecule has 0 spiro atoms. The standard InChI is InChI=1S/H4N2O2S.H3NO2S/c1-5(2,3)4;1-4(2)3/h(H4,1,2,3,4);1H2,(H,2,3)/p-1. The van der Waals surface area contributed by atoms with Crippen LogP contribution in [-0.2, 0) is 21.5 Å². The molecule has 0 radical (unpaired) electrons. The van der Waals surface area contributed by atoms with Crippen molar-refractivity contribution in [2.45, 2.75) is 0 Å². The zero-order valence-electron chi connectivity index (χ0n) is 4.18. The molecule has 0 heterocycles. The highest BCUT2D eigenvalue weighted by Crippen LogP contribution is 1.40. The fourth-order valence-corrected chi connectivity index (χ4v) is 0. The first kappa shape index (κ1) is 11.7. The monoisotopic (exact) mass is 176 g/mol. The molecule has 9 heavy (non-hydrogen) atoms. The highest BCUT2D eigenvalue weighted by Gasteiger charge is 1.78. The van der Waals surface area contributed by atoms with Gasteiger partial charge in [0.2, 0.25) is 0 Å². The molecule has 0 aliphatic heterocycles. The maximum atomic E-state index is 9.19. The summed E-state index contributed by atoms with van der Waals surface area (Å²) in [7, 11) is -3.67. The van der Waals surface area contributed by atoms with E-state index in [0.717, 1.165) is 0 Å². The van der Waals surface area contributed by atoms with E-state index in [-0.39, 0.29) is 0 Å². The van der Waals surface area contributed by atoms with Gasteiger partial charge in [0.05, 0.1) is 0 Å². The van der Waals surface area contributed by atoms with Crippen LogP contribution in [-0.4, -0.2) is 17.2 Å². The Hall–Kier alpha value is -0.0600. The molecule has 0 bridgehead atoms. The Morgan fingerprint density at radius 1 is 1.33 bits per heavy atom. The molecular formula is H6N3O4S2-. The summed E-state index contributed by atoms with van der Waals surface area (Å²) in [4.78, 5) is 0. The second-order valence-corrected chi connectivity index (χ2v) is 2.55. The maximum absolute atomic E-state index is 9.19. The van der Waals surface area contributed by atoms with Gasteiger partial charge in [-0.1, -0.05) is 0 Å². The second kappa shape index (κ2) is 4.78. The molecule has 1 atom stereocenters. The summed E-state index contributed by atoms with van der Waals surface area (Å²) >= 11 is -2.36. The zero-order chi connectivity index (χ0) is 8.08. The van der Waals surface area contributed by atoms with Gasteiger partial charge in [0, 0.05) is 11.3 Å². The van der Waals surface area contributed by atoms with Crippen LogP contribution in [0, 0.1) is 0 Å². The Bertz CT molecular complexity index is 156. The van der Waals surface area contributed by atoms with Crippen molar-refractivity contribution >= 4 is 21.5 Å². The minimum atomic E-state index is -3.67.